The van der Waals surface area contributed by atoms with Crippen LogP contribution in [0.5, 0.6) is 0 Å². The van der Waals surface area contributed by atoms with Gasteiger partial charge in [0.25, 0.3) is 0 Å². The number of hydrogen-bond donors (Lipinski definition) is 0. The Bertz CT molecular complexity index is 54.0. The van der Waals surface area contributed by atoms with Crippen LogP contribution in [0.15, 0.2) is 0 Å². The van der Waals surface area contributed by atoms with Crippen molar-refractivity contribution in [3.63, 3.8) is 0 Å². The van der Waals surface area contributed by atoms with E-state index >= 15 is 0 Å². The van der Waals surface area contributed by atoms with E-state index in [1.54, 1.807) is 6.92 Å². The summed E-state index contributed by atoms with van der Waals surface area (Å²) in [5.41, 5.74) is 0. The second kappa shape index (κ2) is 5.00. The second-order valence-corrected chi connectivity index (χ2v) is 1.46. The largest absolute Gasteiger partial charge is 0.0654 e. The Morgan fingerprint density at radius 3 is 2.17 bits per heavy atom. The lowest BCUT2D eigenvalue weighted by atomic mass is 10.4. The summed E-state index contributed by atoms with van der Waals surface area (Å²) < 4.78 is 14.2. The van der Waals surface area contributed by atoms with Crippen LogP contribution in [0.1, 0.15) is 42.2 Å². The highest BCUT2D eigenvalue weighted by molar-refractivity contribution is 4.31. The van der Waals surface area contributed by atoms with Gasteiger partial charge >= 0.3 is 0 Å². The van der Waals surface area contributed by atoms with Gasteiger partial charge in [0.1, 0.15) is 0 Å². The van der Waals surface area contributed by atoms with Gasteiger partial charge < -0.3 is 0 Å². The van der Waals surface area contributed by atoms with Crippen molar-refractivity contribution in [2.24, 2.45) is 0 Å². The second-order valence-electron chi connectivity index (χ2n) is 1.46. The molecular weight excluding hydrogens is 75.0 g/mol. The molecule has 0 N–H and O–H groups in total. The Hall–Kier alpha value is 0. The van der Waals surface area contributed by atoms with Crippen molar-refractivity contribution in [3.8, 4) is 0 Å². The molecule has 0 unspecified atom stereocenters. The topological polar surface area (TPSA) is 0 Å². The number of unbranched alkanes of at least 4 members (excludes halogenated alkanes) is 1. The summed E-state index contributed by atoms with van der Waals surface area (Å²) >= 11 is 0. The highest BCUT2D eigenvalue weighted by atomic mass is 14.6. The maximum absolute atomic E-state index is 7.10. The van der Waals surface area contributed by atoms with Gasteiger partial charge in [0.15, 0.2) is 0 Å². The lowest BCUT2D eigenvalue weighted by molar-refractivity contribution is 0.702. The maximum atomic E-state index is 7.10. The molecule has 0 atom stereocenters. The third-order valence-electron chi connectivity index (χ3n) is 0.780. The Kier molecular flexibility index (Phi) is 2.55. The first-order valence-corrected chi connectivity index (χ1v) is 2.56. The van der Waals surface area contributed by atoms with E-state index in [9.17, 15) is 0 Å². The predicted molar refractivity (Wildman–Crippen MR) is 29.8 cm³/mol. The van der Waals surface area contributed by atoms with Gasteiger partial charge in [0, 0.05) is 2.74 Å². The molecule has 0 rings (SSSR count). The van der Waals surface area contributed by atoms with Crippen molar-refractivity contribution in [2.45, 2.75) is 39.5 Å². The van der Waals surface area contributed by atoms with Gasteiger partial charge in [-0.05, 0) is 0 Å². The molecule has 0 aromatic rings. The normalized spacial score (nSPS) is 16.3. The molecule has 0 saturated heterocycles. The molecule has 0 saturated carbocycles. The van der Waals surface area contributed by atoms with Gasteiger partial charge in [-0.3, -0.25) is 0 Å². The van der Waals surface area contributed by atoms with Crippen molar-refractivity contribution >= 4 is 0 Å². The van der Waals surface area contributed by atoms with Crippen LogP contribution < -0.4 is 0 Å². The van der Waals surface area contributed by atoms with E-state index in [-0.39, 0.29) is 0 Å². The molecule has 0 bridgehead atoms. The lowest BCUT2D eigenvalue weighted by Gasteiger charge is -1.86. The molecule has 0 radical (unpaired) electrons. The van der Waals surface area contributed by atoms with Crippen LogP contribution in [-0.4, -0.2) is 0 Å². The third kappa shape index (κ3) is 4.00. The van der Waals surface area contributed by atoms with Gasteiger partial charge in [-0.2, -0.15) is 0 Å². The minimum Gasteiger partial charge on any atom is -0.0654 e. The van der Waals surface area contributed by atoms with Crippen LogP contribution >= 0.6 is 0 Å². The summed E-state index contributed by atoms with van der Waals surface area (Å²) in [6.45, 7) is 3.70. The first kappa shape index (κ1) is 3.06. The van der Waals surface area contributed by atoms with Crippen LogP contribution in [0.3, 0.4) is 0 Å². The van der Waals surface area contributed by atoms with Gasteiger partial charge in [-0.25, -0.2) is 0 Å². The monoisotopic (exact) mass is 91.1 g/mol. The van der Waals surface area contributed by atoms with Gasteiger partial charge in [-0.1, -0.05) is 39.5 Å². The van der Waals surface area contributed by atoms with Crippen molar-refractivity contribution in [3.05, 3.63) is 0 Å². The van der Waals surface area contributed by atoms with E-state index in [0.717, 1.165) is 12.8 Å². The minimum atomic E-state index is -0.948. The van der Waals surface area contributed by atoms with Crippen LogP contribution in [0, 0.1) is 0 Å². The molecular formula is C6H14. The van der Waals surface area contributed by atoms with Crippen molar-refractivity contribution < 1.29 is 2.74 Å². The fourth-order valence-electron chi connectivity index (χ4n) is 0.354. The highest BCUT2D eigenvalue weighted by Crippen LogP contribution is 1.95. The zero-order valence-electron chi connectivity index (χ0n) is 6.62. The van der Waals surface area contributed by atoms with Gasteiger partial charge in [0.2, 0.25) is 0 Å². The quantitative estimate of drug-likeness (QED) is 0.468. The van der Waals surface area contributed by atoms with E-state index in [0.29, 0.717) is 6.42 Å². The Labute approximate surface area is 43.4 Å². The summed E-state index contributed by atoms with van der Waals surface area (Å²) in [7, 11) is 0. The molecule has 6 heavy (non-hydrogen) atoms. The fourth-order valence-corrected chi connectivity index (χ4v) is 0.354. The van der Waals surface area contributed by atoms with Gasteiger partial charge in [0.05, 0.1) is 0 Å². The molecule has 0 nitrogen and oxygen atoms in total. The molecule has 0 aliphatic heterocycles. The summed E-state index contributed by atoms with van der Waals surface area (Å²) in [5, 5.41) is 0. The van der Waals surface area contributed by atoms with Gasteiger partial charge in [-0.15, -0.1) is 0 Å². The van der Waals surface area contributed by atoms with E-state index in [1.165, 1.54) is 0 Å². The molecule has 0 aromatic heterocycles. The standard InChI is InChI=1S/C6H14/c1-3-5-6-4-2/h3-6H2,1-2H3/i1+1,3+1,4D2,5+1. The average Bonchev–Trinajstić information content (AvgIpc) is 1.59. The average molecular weight is 91.2 g/mol. The predicted octanol–water partition coefficient (Wildman–Crippen LogP) is 2.59. The zero-order valence-corrected chi connectivity index (χ0v) is 4.62. The molecule has 0 aromatic carbocycles. The molecule has 0 heteroatoms. The summed E-state index contributed by atoms with van der Waals surface area (Å²) in [4.78, 5) is 0. The summed E-state index contributed by atoms with van der Waals surface area (Å²) in [6.07, 6.45) is 1.84. The Balaban J connectivity index is 3.11. The van der Waals surface area contributed by atoms with Crippen molar-refractivity contribution in [1.82, 2.24) is 0 Å². The molecule has 0 aliphatic carbocycles. The van der Waals surface area contributed by atoms with Crippen LogP contribution in [-0.2, 0) is 0 Å². The first-order valence-electron chi connectivity index (χ1n) is 3.56. The Morgan fingerprint density at radius 1 is 1.33 bits per heavy atom. The van der Waals surface area contributed by atoms with Crippen LogP contribution in [0.25, 0.3) is 0 Å². The zero-order chi connectivity index (χ0) is 6.62. The van der Waals surface area contributed by atoms with E-state index in [2.05, 4.69) is 6.92 Å². The summed E-state index contributed by atoms with van der Waals surface area (Å²) in [6, 6.07) is 0. The smallest absolute Gasteiger partial charge is 0.0264 e. The van der Waals surface area contributed by atoms with Crippen LogP contribution in [0.4, 0.5) is 0 Å². The van der Waals surface area contributed by atoms with Crippen molar-refractivity contribution in [2.75, 3.05) is 0 Å². The first-order chi connectivity index (χ1) is 3.56. The Morgan fingerprint density at radius 2 is 2.00 bits per heavy atom. The maximum Gasteiger partial charge on any atom is 0.0264 e. The number of rotatable bonds is 3. The molecule has 0 spiro atoms. The SMILES string of the molecule is [2H]C([2H])(C)C[13CH2][13CH2][13CH3]. The van der Waals surface area contributed by atoms with E-state index in [4.69, 9.17) is 2.74 Å². The lowest BCUT2D eigenvalue weighted by Crippen LogP contribution is -1.66. The number of hydrogen-bond acceptors (Lipinski definition) is 0. The van der Waals surface area contributed by atoms with Crippen LogP contribution in [0.2, 0.25) is 0 Å². The van der Waals surface area contributed by atoms with E-state index in [1.807, 2.05) is 0 Å². The molecule has 0 aliphatic rings. The minimum absolute atomic E-state index is 0.698. The van der Waals surface area contributed by atoms with Crippen molar-refractivity contribution in [1.29, 1.82) is 0 Å². The summed E-state index contributed by atoms with van der Waals surface area (Å²) in [5.74, 6) is 0. The highest BCUT2D eigenvalue weighted by Gasteiger charge is 1.75. The molecule has 0 heterocycles. The molecule has 0 fully saturated rings. The van der Waals surface area contributed by atoms with E-state index < -0.39 is 6.37 Å². The molecule has 0 amide bonds. The molecule has 38 valence electrons. The fraction of sp³-hybridized carbons (Fsp3) is 1.00. The third-order valence-corrected chi connectivity index (χ3v) is 0.780.